The second kappa shape index (κ2) is 10.1. The van der Waals surface area contributed by atoms with Gasteiger partial charge in [-0.2, -0.15) is 5.10 Å². The Balaban J connectivity index is 1.74. The van der Waals surface area contributed by atoms with Crippen molar-refractivity contribution in [1.29, 1.82) is 0 Å². The monoisotopic (exact) mass is 386 g/mol. The van der Waals surface area contributed by atoms with Gasteiger partial charge in [0.15, 0.2) is 0 Å². The molecule has 140 valence electrons. The zero-order chi connectivity index (χ0) is 19.6. The SMILES string of the molecule is Cc1ccc([N+](=O)[O-])cc1/C=N\NC(=O)CSCC(=O)Nc1ccccc1. The number of nitrogens with one attached hydrogen (secondary N) is 2. The number of benzene rings is 2. The normalized spacial score (nSPS) is 10.6. The van der Waals surface area contributed by atoms with E-state index in [2.05, 4.69) is 15.8 Å². The molecular weight excluding hydrogens is 368 g/mol. The van der Waals surface area contributed by atoms with E-state index in [1.165, 1.54) is 18.3 Å². The molecule has 2 aromatic rings. The van der Waals surface area contributed by atoms with Gasteiger partial charge in [0.05, 0.1) is 22.6 Å². The van der Waals surface area contributed by atoms with Gasteiger partial charge in [0.1, 0.15) is 0 Å². The summed E-state index contributed by atoms with van der Waals surface area (Å²) in [5.41, 5.74) is 4.33. The molecule has 0 unspecified atom stereocenters. The second-order valence-electron chi connectivity index (χ2n) is 5.50. The maximum atomic E-state index is 11.8. The van der Waals surface area contributed by atoms with Crippen LogP contribution in [0.3, 0.4) is 0 Å². The van der Waals surface area contributed by atoms with Gasteiger partial charge in [-0.25, -0.2) is 5.43 Å². The average molecular weight is 386 g/mol. The molecule has 27 heavy (non-hydrogen) atoms. The van der Waals surface area contributed by atoms with Crippen molar-refractivity contribution in [3.8, 4) is 0 Å². The van der Waals surface area contributed by atoms with Crippen LogP contribution in [0.15, 0.2) is 53.6 Å². The standard InChI is InChI=1S/C18H18N4O4S/c1-13-7-8-16(22(25)26)9-14(13)10-19-21-18(24)12-27-11-17(23)20-15-5-3-2-4-6-15/h2-10H,11-12H2,1H3,(H,20,23)(H,21,24)/b19-10-. The van der Waals surface area contributed by atoms with Gasteiger partial charge in [-0.05, 0) is 24.6 Å². The number of anilines is 1. The van der Waals surface area contributed by atoms with E-state index in [1.807, 2.05) is 18.2 Å². The predicted octanol–water partition coefficient (Wildman–Crippen LogP) is 2.73. The van der Waals surface area contributed by atoms with Crippen LogP contribution in [0.5, 0.6) is 0 Å². The van der Waals surface area contributed by atoms with Crippen LogP contribution in [0.1, 0.15) is 11.1 Å². The second-order valence-corrected chi connectivity index (χ2v) is 6.48. The molecule has 2 N–H and O–H groups in total. The van der Waals surface area contributed by atoms with E-state index in [-0.39, 0.29) is 29.0 Å². The number of nitro benzene ring substituents is 1. The van der Waals surface area contributed by atoms with Crippen LogP contribution in [0.25, 0.3) is 0 Å². The summed E-state index contributed by atoms with van der Waals surface area (Å²) in [5.74, 6) is -0.370. The number of non-ortho nitro benzene ring substituents is 1. The van der Waals surface area contributed by atoms with Crippen LogP contribution in [0.2, 0.25) is 0 Å². The lowest BCUT2D eigenvalue weighted by atomic mass is 10.1. The summed E-state index contributed by atoms with van der Waals surface area (Å²) in [6.07, 6.45) is 1.35. The number of amides is 2. The van der Waals surface area contributed by atoms with E-state index in [1.54, 1.807) is 25.1 Å². The number of hydrogen-bond acceptors (Lipinski definition) is 6. The molecule has 0 bridgehead atoms. The van der Waals surface area contributed by atoms with Crippen molar-refractivity contribution in [2.24, 2.45) is 5.10 Å². The van der Waals surface area contributed by atoms with Crippen LogP contribution in [-0.2, 0) is 9.59 Å². The van der Waals surface area contributed by atoms with Crippen LogP contribution >= 0.6 is 11.8 Å². The predicted molar refractivity (Wildman–Crippen MR) is 106 cm³/mol. The quantitative estimate of drug-likeness (QED) is 0.411. The Morgan fingerprint density at radius 1 is 1.15 bits per heavy atom. The Morgan fingerprint density at radius 2 is 1.85 bits per heavy atom. The first-order chi connectivity index (χ1) is 13.0. The Morgan fingerprint density at radius 3 is 2.56 bits per heavy atom. The minimum absolute atomic E-state index is 0.0478. The summed E-state index contributed by atoms with van der Waals surface area (Å²) in [6.45, 7) is 1.79. The molecule has 0 aromatic heterocycles. The molecule has 0 heterocycles. The molecule has 2 amide bonds. The van der Waals surface area contributed by atoms with Gasteiger partial charge < -0.3 is 5.32 Å². The number of carbonyl (C=O) groups excluding carboxylic acids is 2. The van der Waals surface area contributed by atoms with Crippen LogP contribution in [-0.4, -0.2) is 34.5 Å². The maximum Gasteiger partial charge on any atom is 0.270 e. The lowest BCUT2D eigenvalue weighted by molar-refractivity contribution is -0.384. The lowest BCUT2D eigenvalue weighted by Crippen LogP contribution is -2.21. The largest absolute Gasteiger partial charge is 0.325 e. The highest BCUT2D eigenvalue weighted by Gasteiger charge is 2.08. The molecule has 0 fully saturated rings. The van der Waals surface area contributed by atoms with Gasteiger partial charge in [0.2, 0.25) is 11.8 Å². The van der Waals surface area contributed by atoms with Crippen LogP contribution in [0.4, 0.5) is 11.4 Å². The first-order valence-electron chi connectivity index (χ1n) is 7.95. The number of nitrogens with zero attached hydrogens (tertiary/aromatic N) is 2. The van der Waals surface area contributed by atoms with Gasteiger partial charge in [-0.15, -0.1) is 11.8 Å². The molecule has 8 nitrogen and oxygen atoms in total. The lowest BCUT2D eigenvalue weighted by Gasteiger charge is -2.04. The summed E-state index contributed by atoms with van der Waals surface area (Å²) in [7, 11) is 0. The molecule has 0 aliphatic carbocycles. The maximum absolute atomic E-state index is 11.8. The van der Waals surface area contributed by atoms with Gasteiger partial charge >= 0.3 is 0 Å². The summed E-state index contributed by atoms with van der Waals surface area (Å²) >= 11 is 1.16. The molecule has 0 spiro atoms. The summed E-state index contributed by atoms with van der Waals surface area (Å²) in [4.78, 5) is 33.8. The fourth-order valence-corrected chi connectivity index (χ4v) is 2.65. The Labute approximate surface area is 160 Å². The molecule has 2 aromatic carbocycles. The first-order valence-corrected chi connectivity index (χ1v) is 9.11. The third-order valence-corrected chi connectivity index (χ3v) is 4.32. The van der Waals surface area contributed by atoms with Crippen molar-refractivity contribution < 1.29 is 14.5 Å². The third-order valence-electron chi connectivity index (χ3n) is 3.39. The van der Waals surface area contributed by atoms with Crippen molar-refractivity contribution in [1.82, 2.24) is 5.43 Å². The molecule has 0 radical (unpaired) electrons. The Kier molecular flexibility index (Phi) is 7.50. The highest BCUT2D eigenvalue weighted by atomic mass is 32.2. The van der Waals surface area contributed by atoms with Gasteiger partial charge in [0, 0.05) is 23.4 Å². The zero-order valence-corrected chi connectivity index (χ0v) is 15.4. The van der Waals surface area contributed by atoms with E-state index in [4.69, 9.17) is 0 Å². The van der Waals surface area contributed by atoms with Crippen molar-refractivity contribution >= 4 is 41.2 Å². The first kappa shape index (κ1) is 20.1. The highest BCUT2D eigenvalue weighted by molar-refractivity contribution is 8.00. The molecule has 0 saturated heterocycles. The molecule has 0 atom stereocenters. The third kappa shape index (κ3) is 6.90. The number of aryl methyl sites for hydroxylation is 1. The number of nitro groups is 1. The molecule has 9 heteroatoms. The van der Waals surface area contributed by atoms with E-state index < -0.39 is 4.92 Å². The highest BCUT2D eigenvalue weighted by Crippen LogP contribution is 2.15. The Bertz CT molecular complexity index is 856. The van der Waals surface area contributed by atoms with Gasteiger partial charge in [-0.1, -0.05) is 24.3 Å². The van der Waals surface area contributed by atoms with Crippen LogP contribution in [0, 0.1) is 17.0 Å². The van der Waals surface area contributed by atoms with E-state index in [0.717, 1.165) is 17.3 Å². The smallest absolute Gasteiger partial charge is 0.270 e. The van der Waals surface area contributed by atoms with Crippen molar-refractivity contribution in [2.75, 3.05) is 16.8 Å². The van der Waals surface area contributed by atoms with Crippen molar-refractivity contribution in [3.63, 3.8) is 0 Å². The van der Waals surface area contributed by atoms with E-state index >= 15 is 0 Å². The molecule has 0 aliphatic heterocycles. The fraction of sp³-hybridized carbons (Fsp3) is 0.167. The van der Waals surface area contributed by atoms with Crippen molar-refractivity contribution in [2.45, 2.75) is 6.92 Å². The van der Waals surface area contributed by atoms with Crippen molar-refractivity contribution in [3.05, 3.63) is 69.8 Å². The molecule has 0 saturated carbocycles. The number of rotatable bonds is 8. The average Bonchev–Trinajstić information content (AvgIpc) is 2.64. The van der Waals surface area contributed by atoms with Crippen LogP contribution < -0.4 is 10.7 Å². The zero-order valence-electron chi connectivity index (χ0n) is 14.5. The summed E-state index contributed by atoms with van der Waals surface area (Å²) < 4.78 is 0. The molecule has 2 rings (SSSR count). The number of para-hydroxylation sites is 1. The molecule has 0 aliphatic rings. The van der Waals surface area contributed by atoms with Gasteiger partial charge in [0.25, 0.3) is 5.69 Å². The number of hydrazone groups is 1. The summed E-state index contributed by atoms with van der Waals surface area (Å²) in [5, 5.41) is 17.3. The number of hydrogen-bond donors (Lipinski definition) is 2. The van der Waals surface area contributed by atoms with Gasteiger partial charge in [-0.3, -0.25) is 19.7 Å². The minimum Gasteiger partial charge on any atom is -0.325 e. The minimum atomic E-state index is -0.494. The fourth-order valence-electron chi connectivity index (χ4n) is 2.04. The number of thioether (sulfide) groups is 1. The Hall–Kier alpha value is -3.20. The van der Waals surface area contributed by atoms with E-state index in [0.29, 0.717) is 11.3 Å². The number of carbonyl (C=O) groups is 2. The topological polar surface area (TPSA) is 114 Å². The summed E-state index contributed by atoms with van der Waals surface area (Å²) in [6, 6.07) is 13.4. The van der Waals surface area contributed by atoms with E-state index in [9.17, 15) is 19.7 Å². The molecular formula is C18H18N4O4S.